The van der Waals surface area contributed by atoms with Crippen molar-refractivity contribution in [3.8, 4) is 5.75 Å². The number of hydrogen-bond donors (Lipinski definition) is 3. The molecule has 0 unspecified atom stereocenters. The van der Waals surface area contributed by atoms with Crippen molar-refractivity contribution in [2.24, 2.45) is 0 Å². The number of carboxylic acid groups (broad SMARTS) is 1. The highest BCUT2D eigenvalue weighted by atomic mass is 127. The normalized spacial score (nSPS) is 10.3. The first-order valence-corrected chi connectivity index (χ1v) is 8.01. The molecular formula is C15H12ClIN2O5. The molecule has 0 spiro atoms. The molecular weight excluding hydrogens is 451 g/mol. The third-order valence-corrected chi connectivity index (χ3v) is 4.08. The molecule has 3 aromatic heterocycles. The summed E-state index contributed by atoms with van der Waals surface area (Å²) in [4.78, 5) is 18.0. The van der Waals surface area contributed by atoms with Crippen LogP contribution in [0.5, 0.6) is 5.75 Å². The van der Waals surface area contributed by atoms with Gasteiger partial charge in [-0.2, -0.15) is 0 Å². The summed E-state index contributed by atoms with van der Waals surface area (Å²) in [6, 6.07) is 3.08. The Balaban J connectivity index is 0.000000177. The van der Waals surface area contributed by atoms with Crippen LogP contribution in [0.3, 0.4) is 0 Å². The third kappa shape index (κ3) is 4.13. The molecule has 9 heteroatoms. The van der Waals surface area contributed by atoms with E-state index in [1.807, 2.05) is 29.5 Å². The Morgan fingerprint density at radius 2 is 2.12 bits per heavy atom. The van der Waals surface area contributed by atoms with Crippen molar-refractivity contribution in [3.05, 3.63) is 50.3 Å². The van der Waals surface area contributed by atoms with Crippen LogP contribution in [0, 0.1) is 10.5 Å². The number of hydrogen-bond acceptors (Lipinski definition) is 6. The Bertz CT molecular complexity index is 874. The third-order valence-electron chi connectivity index (χ3n) is 2.99. The van der Waals surface area contributed by atoms with Gasteiger partial charge in [0, 0.05) is 5.39 Å². The minimum atomic E-state index is -1.03. The quantitative estimate of drug-likeness (QED) is 0.395. The fourth-order valence-electron chi connectivity index (χ4n) is 1.78. The lowest BCUT2D eigenvalue weighted by atomic mass is 10.2. The number of carboxylic acids is 1. The predicted octanol–water partition coefficient (Wildman–Crippen LogP) is 3.37. The van der Waals surface area contributed by atoms with E-state index in [-0.39, 0.29) is 23.2 Å². The van der Waals surface area contributed by atoms with E-state index in [1.165, 1.54) is 12.3 Å². The van der Waals surface area contributed by atoms with Gasteiger partial charge < -0.3 is 19.7 Å². The molecule has 0 fully saturated rings. The number of fused-ring (bicyclic) bond motifs is 1. The summed E-state index contributed by atoms with van der Waals surface area (Å²) in [5, 5.41) is 27.3. The van der Waals surface area contributed by atoms with Crippen LogP contribution in [0.4, 0.5) is 0 Å². The van der Waals surface area contributed by atoms with Crippen molar-refractivity contribution in [3.63, 3.8) is 0 Å². The van der Waals surface area contributed by atoms with Gasteiger partial charge in [0.15, 0.2) is 16.5 Å². The van der Waals surface area contributed by atoms with E-state index < -0.39 is 5.97 Å². The number of aromatic nitrogens is 2. The number of aryl methyl sites for hydroxylation is 1. The molecule has 3 rings (SSSR count). The molecule has 126 valence electrons. The first-order chi connectivity index (χ1) is 11.3. The van der Waals surface area contributed by atoms with Crippen molar-refractivity contribution in [2.75, 3.05) is 0 Å². The van der Waals surface area contributed by atoms with Crippen LogP contribution in [0.25, 0.3) is 11.0 Å². The SMILES string of the molecule is Cc1coc2cnc(C(=O)O)cc12.OCc1cc(I)c(O)c(Cl)n1. The van der Waals surface area contributed by atoms with Gasteiger partial charge >= 0.3 is 5.97 Å². The van der Waals surface area contributed by atoms with E-state index in [0.717, 1.165) is 10.9 Å². The number of furan rings is 1. The van der Waals surface area contributed by atoms with Crippen LogP contribution in [-0.2, 0) is 6.61 Å². The number of aromatic hydroxyl groups is 1. The average Bonchev–Trinajstić information content (AvgIpc) is 2.93. The first kappa shape index (κ1) is 18.4. The number of nitrogens with zero attached hydrogens (tertiary/aromatic N) is 2. The van der Waals surface area contributed by atoms with Gasteiger partial charge in [0.25, 0.3) is 0 Å². The number of pyridine rings is 2. The summed E-state index contributed by atoms with van der Waals surface area (Å²) >= 11 is 7.43. The Kier molecular flexibility index (Phi) is 5.97. The molecule has 0 amide bonds. The maximum Gasteiger partial charge on any atom is 0.354 e. The highest BCUT2D eigenvalue weighted by Crippen LogP contribution is 2.27. The molecule has 0 atom stereocenters. The zero-order valence-electron chi connectivity index (χ0n) is 12.3. The van der Waals surface area contributed by atoms with Crippen molar-refractivity contribution in [2.45, 2.75) is 13.5 Å². The molecule has 0 aliphatic carbocycles. The molecule has 3 N–H and O–H groups in total. The van der Waals surface area contributed by atoms with Gasteiger partial charge in [0.05, 0.1) is 28.3 Å². The van der Waals surface area contributed by atoms with Gasteiger partial charge in [-0.3, -0.25) is 0 Å². The summed E-state index contributed by atoms with van der Waals surface area (Å²) < 4.78 is 5.72. The second-order valence-corrected chi connectivity index (χ2v) is 6.20. The summed E-state index contributed by atoms with van der Waals surface area (Å²) in [6.45, 7) is 1.69. The Labute approximate surface area is 155 Å². The Morgan fingerprint density at radius 3 is 2.71 bits per heavy atom. The Morgan fingerprint density at radius 1 is 1.42 bits per heavy atom. The largest absolute Gasteiger partial charge is 0.504 e. The summed E-state index contributed by atoms with van der Waals surface area (Å²) in [5.74, 6) is -1.06. The Hall–Kier alpha value is -1.91. The number of aromatic carboxylic acids is 1. The maximum absolute atomic E-state index is 10.6. The average molecular weight is 463 g/mol. The van der Waals surface area contributed by atoms with E-state index in [4.69, 9.17) is 31.3 Å². The maximum atomic E-state index is 10.6. The van der Waals surface area contributed by atoms with E-state index in [2.05, 4.69) is 9.97 Å². The molecule has 0 saturated carbocycles. The van der Waals surface area contributed by atoms with E-state index in [1.54, 1.807) is 12.3 Å². The van der Waals surface area contributed by atoms with Gasteiger partial charge in [0.1, 0.15) is 5.69 Å². The second-order valence-electron chi connectivity index (χ2n) is 4.68. The number of rotatable bonds is 2. The first-order valence-electron chi connectivity index (χ1n) is 6.55. The van der Waals surface area contributed by atoms with E-state index >= 15 is 0 Å². The fourth-order valence-corrected chi connectivity index (χ4v) is 2.77. The predicted molar refractivity (Wildman–Crippen MR) is 95.3 cm³/mol. The molecule has 3 aromatic rings. The van der Waals surface area contributed by atoms with Crippen molar-refractivity contribution < 1.29 is 24.5 Å². The van der Waals surface area contributed by atoms with Crippen molar-refractivity contribution in [1.82, 2.24) is 9.97 Å². The highest BCUT2D eigenvalue weighted by Gasteiger charge is 2.08. The van der Waals surface area contributed by atoms with Gasteiger partial charge in [-0.05, 0) is 47.2 Å². The highest BCUT2D eigenvalue weighted by molar-refractivity contribution is 14.1. The summed E-state index contributed by atoms with van der Waals surface area (Å²) in [6.07, 6.45) is 3.00. The van der Waals surface area contributed by atoms with Crippen LogP contribution >= 0.6 is 34.2 Å². The molecule has 0 aliphatic heterocycles. The van der Waals surface area contributed by atoms with Crippen molar-refractivity contribution in [1.29, 1.82) is 0 Å². The molecule has 3 heterocycles. The number of aliphatic hydroxyl groups is 1. The summed E-state index contributed by atoms with van der Waals surface area (Å²) in [5.41, 5.74) is 2.02. The van der Waals surface area contributed by atoms with E-state index in [0.29, 0.717) is 14.8 Å². The smallest absolute Gasteiger partial charge is 0.354 e. The lowest BCUT2D eigenvalue weighted by molar-refractivity contribution is 0.0690. The van der Waals surface area contributed by atoms with Gasteiger partial charge in [-0.25, -0.2) is 14.8 Å². The minimum absolute atomic E-state index is 0.0287. The van der Waals surface area contributed by atoms with Crippen molar-refractivity contribution >= 4 is 51.1 Å². The summed E-state index contributed by atoms with van der Waals surface area (Å²) in [7, 11) is 0. The van der Waals surface area contributed by atoms with Crippen LogP contribution in [0.1, 0.15) is 21.7 Å². The lowest BCUT2D eigenvalue weighted by Gasteiger charge is -2.01. The fraction of sp³-hybridized carbons (Fsp3) is 0.133. The van der Waals surface area contributed by atoms with Gasteiger partial charge in [-0.1, -0.05) is 11.6 Å². The molecule has 0 radical (unpaired) electrons. The zero-order valence-corrected chi connectivity index (χ0v) is 15.2. The standard InChI is InChI=1S/C9H7NO3.C6H5ClINO2/c1-5-4-13-8-3-10-7(9(11)12)2-6(5)8;7-6-5(11)4(8)1-3(2-10)9-6/h2-4H,1H3,(H,11,12);1,10-11H,2H2. The van der Waals surface area contributed by atoms with Crippen LogP contribution in [-0.4, -0.2) is 31.3 Å². The number of carbonyl (C=O) groups is 1. The van der Waals surface area contributed by atoms with E-state index in [9.17, 15) is 4.79 Å². The second kappa shape index (κ2) is 7.77. The number of halogens is 2. The molecule has 0 aromatic carbocycles. The molecule has 24 heavy (non-hydrogen) atoms. The molecule has 0 aliphatic rings. The van der Waals surface area contributed by atoms with Crippen LogP contribution < -0.4 is 0 Å². The topological polar surface area (TPSA) is 117 Å². The molecule has 0 bridgehead atoms. The number of aliphatic hydroxyl groups excluding tert-OH is 1. The monoisotopic (exact) mass is 462 g/mol. The minimum Gasteiger partial charge on any atom is -0.504 e. The zero-order chi connectivity index (χ0) is 17.9. The van der Waals surface area contributed by atoms with Gasteiger partial charge in [-0.15, -0.1) is 0 Å². The molecule has 7 nitrogen and oxygen atoms in total. The lowest BCUT2D eigenvalue weighted by Crippen LogP contribution is -1.98. The van der Waals surface area contributed by atoms with Crippen LogP contribution in [0.2, 0.25) is 5.15 Å². The van der Waals surface area contributed by atoms with Gasteiger partial charge in [0.2, 0.25) is 0 Å². The molecule has 0 saturated heterocycles. The van der Waals surface area contributed by atoms with Crippen LogP contribution in [0.15, 0.2) is 29.0 Å².